The van der Waals surface area contributed by atoms with Crippen LogP contribution in [0.15, 0.2) is 42.7 Å². The number of benzene rings is 1. The lowest BCUT2D eigenvalue weighted by Crippen LogP contribution is -2.17. The highest BCUT2D eigenvalue weighted by molar-refractivity contribution is 5.86. The van der Waals surface area contributed by atoms with Crippen LogP contribution in [-0.2, 0) is 11.2 Å². The van der Waals surface area contributed by atoms with Gasteiger partial charge in [0.1, 0.15) is 5.75 Å². The summed E-state index contributed by atoms with van der Waals surface area (Å²) >= 11 is 0. The van der Waals surface area contributed by atoms with E-state index in [4.69, 9.17) is 9.72 Å². The lowest BCUT2D eigenvalue weighted by molar-refractivity contribution is -0.120. The van der Waals surface area contributed by atoms with Gasteiger partial charge in [-0.1, -0.05) is 6.07 Å². The second kappa shape index (κ2) is 7.30. The number of nitrogens with zero attached hydrogens (tertiary/aromatic N) is 2. The van der Waals surface area contributed by atoms with Gasteiger partial charge in [-0.15, -0.1) is 0 Å². The summed E-state index contributed by atoms with van der Waals surface area (Å²) in [4.78, 5) is 20.4. The van der Waals surface area contributed by atoms with E-state index in [-0.39, 0.29) is 5.91 Å². The molecule has 0 saturated heterocycles. The van der Waals surface area contributed by atoms with Crippen molar-refractivity contribution in [2.24, 2.45) is 0 Å². The first-order chi connectivity index (χ1) is 12.1. The molecule has 5 nitrogen and oxygen atoms in total. The van der Waals surface area contributed by atoms with Gasteiger partial charge >= 0.3 is 0 Å². The third-order valence-electron chi connectivity index (χ3n) is 4.24. The molecule has 0 atom stereocenters. The Morgan fingerprint density at radius 3 is 2.80 bits per heavy atom. The minimum absolute atomic E-state index is 0.0517. The lowest BCUT2D eigenvalue weighted by atomic mass is 10.0. The number of nitrogens with one attached hydrogen (secondary N) is 1. The molecule has 0 aliphatic rings. The van der Waals surface area contributed by atoms with Gasteiger partial charge in [0.2, 0.25) is 5.91 Å². The van der Waals surface area contributed by atoms with Crippen LogP contribution in [0, 0.1) is 6.92 Å². The quantitative estimate of drug-likeness (QED) is 0.777. The molecule has 0 spiro atoms. The van der Waals surface area contributed by atoms with E-state index in [9.17, 15) is 4.79 Å². The Morgan fingerprint density at radius 1 is 1.20 bits per heavy atom. The fraction of sp³-hybridized carbons (Fsp3) is 0.250. The highest BCUT2D eigenvalue weighted by Gasteiger charge is 2.08. The first kappa shape index (κ1) is 16.9. The molecule has 2 aromatic heterocycles. The van der Waals surface area contributed by atoms with Gasteiger partial charge in [0.15, 0.2) is 0 Å². The molecule has 1 amide bonds. The fourth-order valence-corrected chi connectivity index (χ4v) is 2.80. The molecule has 3 aromatic rings. The number of hydrogen-bond donors (Lipinski definition) is 1. The molecule has 5 heteroatoms. The molecule has 0 radical (unpaired) electrons. The minimum Gasteiger partial charge on any atom is -0.495 e. The zero-order chi connectivity index (χ0) is 17.8. The minimum atomic E-state index is 0.0517. The summed E-state index contributed by atoms with van der Waals surface area (Å²) in [7, 11) is 3.28. The van der Waals surface area contributed by atoms with E-state index < -0.39 is 0 Å². The van der Waals surface area contributed by atoms with Crippen LogP contribution in [0.1, 0.15) is 17.5 Å². The zero-order valence-corrected chi connectivity index (χ0v) is 14.7. The van der Waals surface area contributed by atoms with Crippen molar-refractivity contribution < 1.29 is 9.53 Å². The average Bonchev–Trinajstić information content (AvgIpc) is 2.66. The number of hydrogen-bond acceptors (Lipinski definition) is 4. The molecule has 1 aromatic carbocycles. The van der Waals surface area contributed by atoms with Gasteiger partial charge in [-0.3, -0.25) is 9.78 Å². The van der Waals surface area contributed by atoms with Crippen LogP contribution >= 0.6 is 0 Å². The molecule has 0 bridgehead atoms. The molecule has 3 rings (SSSR count). The van der Waals surface area contributed by atoms with Gasteiger partial charge in [0, 0.05) is 30.6 Å². The van der Waals surface area contributed by atoms with Crippen LogP contribution in [0.25, 0.3) is 22.2 Å². The number of rotatable bonds is 5. The maximum atomic E-state index is 11.4. The Bertz CT molecular complexity index is 922. The third-order valence-corrected chi connectivity index (χ3v) is 4.24. The number of fused-ring (bicyclic) bond motifs is 1. The molecule has 2 heterocycles. The highest BCUT2D eigenvalue weighted by Crippen LogP contribution is 2.27. The Kier molecular flexibility index (Phi) is 4.93. The molecule has 0 fully saturated rings. The van der Waals surface area contributed by atoms with E-state index >= 15 is 0 Å². The first-order valence-corrected chi connectivity index (χ1v) is 8.21. The summed E-state index contributed by atoms with van der Waals surface area (Å²) in [5, 5.41) is 3.76. The molecule has 0 unspecified atom stereocenters. The van der Waals surface area contributed by atoms with Crippen LogP contribution < -0.4 is 10.1 Å². The summed E-state index contributed by atoms with van der Waals surface area (Å²) in [5.41, 5.74) is 5.01. The summed E-state index contributed by atoms with van der Waals surface area (Å²) in [6.07, 6.45) is 4.67. The van der Waals surface area contributed by atoms with Crippen molar-refractivity contribution >= 4 is 16.8 Å². The van der Waals surface area contributed by atoms with Gasteiger partial charge in [-0.25, -0.2) is 4.98 Å². The smallest absolute Gasteiger partial charge is 0.220 e. The molecule has 0 aliphatic heterocycles. The average molecular weight is 335 g/mol. The van der Waals surface area contributed by atoms with Crippen molar-refractivity contribution in [3.05, 3.63) is 53.9 Å². The number of carbonyl (C=O) groups excluding carboxylic acids is 1. The van der Waals surface area contributed by atoms with Gasteiger partial charge in [0.05, 0.1) is 24.5 Å². The molecule has 1 N–H and O–H groups in total. The topological polar surface area (TPSA) is 64.1 Å². The number of ether oxygens (including phenoxy) is 1. The summed E-state index contributed by atoms with van der Waals surface area (Å²) in [6.45, 7) is 2.07. The van der Waals surface area contributed by atoms with Crippen molar-refractivity contribution in [3.63, 3.8) is 0 Å². The normalized spacial score (nSPS) is 10.7. The maximum Gasteiger partial charge on any atom is 0.220 e. The lowest BCUT2D eigenvalue weighted by Gasteiger charge is -2.09. The number of amides is 1. The summed E-state index contributed by atoms with van der Waals surface area (Å²) < 4.78 is 5.24. The zero-order valence-electron chi connectivity index (χ0n) is 14.7. The van der Waals surface area contributed by atoms with E-state index in [1.165, 1.54) is 0 Å². The van der Waals surface area contributed by atoms with Gasteiger partial charge < -0.3 is 10.1 Å². The van der Waals surface area contributed by atoms with Crippen LogP contribution in [0.2, 0.25) is 0 Å². The Morgan fingerprint density at radius 2 is 2.04 bits per heavy atom. The number of carbonyl (C=O) groups is 1. The first-order valence-electron chi connectivity index (χ1n) is 8.21. The summed E-state index contributed by atoms with van der Waals surface area (Å²) in [6, 6.07) is 10.2. The van der Waals surface area contributed by atoms with Crippen molar-refractivity contribution in [2.45, 2.75) is 19.8 Å². The van der Waals surface area contributed by atoms with Gasteiger partial charge in [0.25, 0.3) is 0 Å². The molecule has 0 aliphatic carbocycles. The number of pyridine rings is 2. The number of aryl methyl sites for hydroxylation is 2. The van der Waals surface area contributed by atoms with Crippen molar-refractivity contribution in [1.29, 1.82) is 0 Å². The van der Waals surface area contributed by atoms with Crippen LogP contribution in [0.4, 0.5) is 0 Å². The van der Waals surface area contributed by atoms with Crippen molar-refractivity contribution in [1.82, 2.24) is 15.3 Å². The molecule has 0 saturated carbocycles. The second-order valence-corrected chi connectivity index (χ2v) is 5.96. The molecule has 128 valence electrons. The number of aromatic nitrogens is 2. The summed E-state index contributed by atoms with van der Waals surface area (Å²) in [5.74, 6) is 0.761. The predicted octanol–water partition coefficient (Wildman–Crippen LogP) is 3.29. The van der Waals surface area contributed by atoms with Crippen LogP contribution in [0.5, 0.6) is 5.75 Å². The Balaban J connectivity index is 1.95. The van der Waals surface area contributed by atoms with E-state index in [0.29, 0.717) is 12.2 Å². The van der Waals surface area contributed by atoms with Crippen molar-refractivity contribution in [3.8, 4) is 17.0 Å². The molecular formula is C20H21N3O2. The monoisotopic (exact) mass is 335 g/mol. The Labute approximate surface area is 147 Å². The molecular weight excluding hydrogens is 314 g/mol. The van der Waals surface area contributed by atoms with Gasteiger partial charge in [-0.2, -0.15) is 0 Å². The third kappa shape index (κ3) is 3.76. The fourth-order valence-electron chi connectivity index (χ4n) is 2.80. The van der Waals surface area contributed by atoms with E-state index in [0.717, 1.165) is 39.7 Å². The van der Waals surface area contributed by atoms with E-state index in [1.54, 1.807) is 26.6 Å². The number of methoxy groups -OCH3 is 1. The Hall–Kier alpha value is -2.95. The molecule has 25 heavy (non-hydrogen) atoms. The van der Waals surface area contributed by atoms with Crippen LogP contribution in [0.3, 0.4) is 0 Å². The van der Waals surface area contributed by atoms with Crippen LogP contribution in [-0.4, -0.2) is 30.0 Å². The second-order valence-electron chi connectivity index (χ2n) is 5.96. The van der Waals surface area contributed by atoms with E-state index in [1.807, 2.05) is 18.2 Å². The highest BCUT2D eigenvalue weighted by atomic mass is 16.5. The van der Waals surface area contributed by atoms with Crippen molar-refractivity contribution in [2.75, 3.05) is 14.2 Å². The SMILES string of the molecule is CNC(=O)CCc1ccc2nc(-c3cncc(OC)c3)cc(C)c2c1. The van der Waals surface area contributed by atoms with E-state index in [2.05, 4.69) is 29.4 Å². The standard InChI is InChI=1S/C20H21N3O2/c1-13-8-19(15-10-16(25-3)12-22-11-15)23-18-6-4-14(9-17(13)18)5-7-20(24)21-2/h4,6,8-12H,5,7H2,1-3H3,(H,21,24). The largest absolute Gasteiger partial charge is 0.495 e. The van der Waals surface area contributed by atoms with Gasteiger partial charge in [-0.05, 0) is 48.7 Å². The predicted molar refractivity (Wildman–Crippen MR) is 98.7 cm³/mol. The maximum absolute atomic E-state index is 11.4.